The lowest BCUT2D eigenvalue weighted by molar-refractivity contribution is 0.555. The van der Waals surface area contributed by atoms with Crippen LogP contribution < -0.4 is 11.3 Å². The molecule has 1 aromatic rings. The van der Waals surface area contributed by atoms with Crippen molar-refractivity contribution in [3.63, 3.8) is 0 Å². The zero-order valence-corrected chi connectivity index (χ0v) is 12.0. The normalized spacial score (nSPS) is 21.1. The van der Waals surface area contributed by atoms with Crippen molar-refractivity contribution in [3.8, 4) is 0 Å². The highest BCUT2D eigenvalue weighted by atomic mass is 15.2. The van der Waals surface area contributed by atoms with Gasteiger partial charge in [-0.2, -0.15) is 0 Å². The van der Waals surface area contributed by atoms with E-state index >= 15 is 0 Å². The Kier molecular flexibility index (Phi) is 5.62. The summed E-state index contributed by atoms with van der Waals surface area (Å²) in [5.74, 6) is 5.81. The highest BCUT2D eigenvalue weighted by molar-refractivity contribution is 5.31. The summed E-state index contributed by atoms with van der Waals surface area (Å²) in [6, 6.07) is 9.03. The van der Waals surface area contributed by atoms with E-state index in [2.05, 4.69) is 42.7 Å². The summed E-state index contributed by atoms with van der Waals surface area (Å²) >= 11 is 0. The zero-order valence-electron chi connectivity index (χ0n) is 12.0. The number of rotatable bonds is 4. The minimum absolute atomic E-state index is 0.184. The van der Waals surface area contributed by atoms with E-state index in [0.717, 1.165) is 6.42 Å². The maximum absolute atomic E-state index is 5.81. The Morgan fingerprint density at radius 3 is 2.53 bits per heavy atom. The van der Waals surface area contributed by atoms with E-state index in [9.17, 15) is 0 Å². The van der Waals surface area contributed by atoms with Gasteiger partial charge in [-0.25, -0.2) is 5.43 Å². The largest absolute Gasteiger partial charge is 0.271 e. The Morgan fingerprint density at radius 1 is 1.11 bits per heavy atom. The molecule has 0 heterocycles. The molecule has 3 N–H and O–H groups in total. The van der Waals surface area contributed by atoms with Crippen molar-refractivity contribution < 1.29 is 0 Å². The number of hydrazine groups is 1. The van der Waals surface area contributed by atoms with Gasteiger partial charge in [0.25, 0.3) is 0 Å². The number of aryl methyl sites for hydroxylation is 1. The fourth-order valence-electron chi connectivity index (χ4n) is 2.84. The van der Waals surface area contributed by atoms with E-state index in [0.29, 0.717) is 0 Å². The minimum Gasteiger partial charge on any atom is -0.271 e. The smallest absolute Gasteiger partial charge is 0.0670 e. The van der Waals surface area contributed by atoms with Gasteiger partial charge in [0.15, 0.2) is 0 Å². The van der Waals surface area contributed by atoms with Crippen molar-refractivity contribution >= 4 is 0 Å². The van der Waals surface area contributed by atoms with Gasteiger partial charge in [-0.3, -0.25) is 5.84 Å². The summed E-state index contributed by atoms with van der Waals surface area (Å²) in [5.41, 5.74) is 7.13. The quantitative estimate of drug-likeness (QED) is 0.486. The topological polar surface area (TPSA) is 38.0 Å². The van der Waals surface area contributed by atoms with Gasteiger partial charge in [0.05, 0.1) is 6.04 Å². The van der Waals surface area contributed by atoms with Crippen molar-refractivity contribution in [2.24, 2.45) is 5.84 Å². The first kappa shape index (κ1) is 14.3. The summed E-state index contributed by atoms with van der Waals surface area (Å²) in [5, 5.41) is 0. The first-order valence-corrected chi connectivity index (χ1v) is 7.59. The zero-order chi connectivity index (χ0) is 13.5. The van der Waals surface area contributed by atoms with E-state index in [1.165, 1.54) is 55.2 Å². The number of nitrogens with two attached hydrogens (primary N) is 1. The van der Waals surface area contributed by atoms with Crippen LogP contribution in [0.2, 0.25) is 0 Å². The second-order valence-corrected chi connectivity index (χ2v) is 5.43. The van der Waals surface area contributed by atoms with E-state index in [1.54, 1.807) is 0 Å². The van der Waals surface area contributed by atoms with Gasteiger partial charge in [0.1, 0.15) is 0 Å². The number of hydrogen-bond acceptors (Lipinski definition) is 2. The van der Waals surface area contributed by atoms with Crippen LogP contribution in [0.4, 0.5) is 0 Å². The van der Waals surface area contributed by atoms with Crippen molar-refractivity contribution in [1.82, 2.24) is 5.43 Å². The van der Waals surface area contributed by atoms with Crippen molar-refractivity contribution in [2.45, 2.75) is 57.9 Å². The number of hydrogen-bond donors (Lipinski definition) is 2. The molecule has 1 aromatic carbocycles. The standard InChI is InChI=1S/C17H26N2/c1-2-14-10-12-16(13-11-14)17(19-18)15-8-6-4-3-5-7-9-15/h8,10-13,17,19H,2-7,9,18H2,1H3/b15-8+. The van der Waals surface area contributed by atoms with E-state index in [-0.39, 0.29) is 6.04 Å². The first-order valence-electron chi connectivity index (χ1n) is 7.59. The summed E-state index contributed by atoms with van der Waals surface area (Å²) < 4.78 is 0. The van der Waals surface area contributed by atoms with Gasteiger partial charge >= 0.3 is 0 Å². The molecule has 0 aliphatic heterocycles. The molecule has 0 amide bonds. The maximum Gasteiger partial charge on any atom is 0.0670 e. The molecule has 0 spiro atoms. The Hall–Kier alpha value is -1.12. The molecule has 0 radical (unpaired) electrons. The van der Waals surface area contributed by atoms with Crippen LogP contribution in [-0.4, -0.2) is 0 Å². The average molecular weight is 258 g/mol. The van der Waals surface area contributed by atoms with Crippen LogP contribution in [0.25, 0.3) is 0 Å². The number of allylic oxidation sites excluding steroid dienone is 1. The molecule has 1 unspecified atom stereocenters. The van der Waals surface area contributed by atoms with Gasteiger partial charge in [0, 0.05) is 0 Å². The van der Waals surface area contributed by atoms with Crippen LogP contribution in [0.5, 0.6) is 0 Å². The van der Waals surface area contributed by atoms with E-state index in [1.807, 2.05) is 0 Å². The lowest BCUT2D eigenvalue weighted by Crippen LogP contribution is -2.29. The average Bonchev–Trinajstić information content (AvgIpc) is 2.42. The van der Waals surface area contributed by atoms with Crippen LogP contribution in [0, 0.1) is 0 Å². The Balaban J connectivity index is 2.16. The van der Waals surface area contributed by atoms with Crippen LogP contribution >= 0.6 is 0 Å². The van der Waals surface area contributed by atoms with E-state index in [4.69, 9.17) is 5.84 Å². The Morgan fingerprint density at radius 2 is 1.84 bits per heavy atom. The molecular formula is C17H26N2. The predicted molar refractivity (Wildman–Crippen MR) is 81.7 cm³/mol. The first-order chi connectivity index (χ1) is 9.35. The molecule has 0 aromatic heterocycles. The lowest BCUT2D eigenvalue weighted by Gasteiger charge is -2.22. The highest BCUT2D eigenvalue weighted by Gasteiger charge is 2.15. The van der Waals surface area contributed by atoms with Gasteiger partial charge < -0.3 is 0 Å². The van der Waals surface area contributed by atoms with Crippen molar-refractivity contribution in [2.75, 3.05) is 0 Å². The van der Waals surface area contributed by atoms with Crippen molar-refractivity contribution in [1.29, 1.82) is 0 Å². The molecule has 2 heteroatoms. The van der Waals surface area contributed by atoms with Crippen LogP contribution in [-0.2, 0) is 6.42 Å². The Bertz CT molecular complexity index is 406. The van der Waals surface area contributed by atoms with Gasteiger partial charge in [-0.1, -0.05) is 55.7 Å². The molecule has 104 valence electrons. The second kappa shape index (κ2) is 7.46. The molecule has 1 atom stereocenters. The highest BCUT2D eigenvalue weighted by Crippen LogP contribution is 2.28. The summed E-state index contributed by atoms with van der Waals surface area (Å²) in [7, 11) is 0. The monoisotopic (exact) mass is 258 g/mol. The number of nitrogens with one attached hydrogen (secondary N) is 1. The van der Waals surface area contributed by atoms with Crippen LogP contribution in [0.1, 0.15) is 62.6 Å². The molecule has 2 nitrogen and oxygen atoms in total. The van der Waals surface area contributed by atoms with Crippen LogP contribution in [0.3, 0.4) is 0 Å². The Labute approximate surface area is 117 Å². The third-order valence-electron chi connectivity index (χ3n) is 4.08. The third kappa shape index (κ3) is 3.92. The molecule has 0 saturated heterocycles. The fraction of sp³-hybridized carbons (Fsp3) is 0.529. The second-order valence-electron chi connectivity index (χ2n) is 5.43. The van der Waals surface area contributed by atoms with Gasteiger partial charge in [-0.05, 0) is 43.2 Å². The molecule has 1 aliphatic carbocycles. The van der Waals surface area contributed by atoms with Gasteiger partial charge in [0.2, 0.25) is 0 Å². The molecule has 0 bridgehead atoms. The minimum atomic E-state index is 0.184. The SMILES string of the molecule is CCc1ccc(C(NN)/C2=C/CCCCCC2)cc1. The summed E-state index contributed by atoms with van der Waals surface area (Å²) in [6.45, 7) is 2.19. The number of benzene rings is 1. The van der Waals surface area contributed by atoms with Gasteiger partial charge in [-0.15, -0.1) is 0 Å². The predicted octanol–water partition coefficient (Wildman–Crippen LogP) is 4.03. The molecule has 1 aliphatic rings. The lowest BCUT2D eigenvalue weighted by atomic mass is 9.91. The van der Waals surface area contributed by atoms with Crippen molar-refractivity contribution in [3.05, 3.63) is 47.0 Å². The molecule has 0 fully saturated rings. The molecule has 0 saturated carbocycles. The summed E-state index contributed by atoms with van der Waals surface area (Å²) in [6.07, 6.45) is 11.2. The third-order valence-corrected chi connectivity index (χ3v) is 4.08. The fourth-order valence-corrected chi connectivity index (χ4v) is 2.84. The van der Waals surface area contributed by atoms with E-state index < -0.39 is 0 Å². The molecule has 19 heavy (non-hydrogen) atoms. The van der Waals surface area contributed by atoms with Crippen LogP contribution in [0.15, 0.2) is 35.9 Å². The summed E-state index contributed by atoms with van der Waals surface area (Å²) in [4.78, 5) is 0. The maximum atomic E-state index is 5.81. The molecule has 2 rings (SSSR count). The molecular weight excluding hydrogens is 232 g/mol.